The monoisotopic (exact) mass is 478 g/mol. The average molecular weight is 479 g/mol. The molecule has 0 amide bonds. The van der Waals surface area contributed by atoms with Crippen LogP contribution in [0.15, 0.2) is 50.8 Å². The van der Waals surface area contributed by atoms with Gasteiger partial charge in [-0.15, -0.1) is 0 Å². The second-order valence-corrected chi connectivity index (χ2v) is 9.22. The highest BCUT2D eigenvalue weighted by Gasteiger charge is 2.43. The van der Waals surface area contributed by atoms with Gasteiger partial charge in [0.1, 0.15) is 5.56 Å². The molecule has 1 saturated carbocycles. The Bertz CT molecular complexity index is 964. The summed E-state index contributed by atoms with van der Waals surface area (Å²) in [4.78, 5) is 28.4. The molecule has 0 spiro atoms. The minimum absolute atomic E-state index is 0.0210. The standard InChI is InChI=1S/C25H35ClN2O5/c1-7-32-24(30)19-16-28(12-10-20(19)29)22-18(9-11-25(22,3)4)17(2)15-21(23(26)27-5)33-14-8-13-31-6/h10,12,15-16,18,22H,5,7-9,11,13-14H2,1-4,6H3/b17-15+,23-21+. The van der Waals surface area contributed by atoms with Gasteiger partial charge in [0.05, 0.1) is 13.2 Å². The smallest absolute Gasteiger partial charge is 0.343 e. The summed E-state index contributed by atoms with van der Waals surface area (Å²) in [6, 6.07) is 1.45. The summed E-state index contributed by atoms with van der Waals surface area (Å²) in [6.45, 7) is 12.9. The molecule has 1 aromatic heterocycles. The lowest BCUT2D eigenvalue weighted by Crippen LogP contribution is -2.29. The number of esters is 1. The number of halogens is 1. The molecule has 0 saturated heterocycles. The first-order chi connectivity index (χ1) is 15.7. The Labute approximate surface area is 201 Å². The van der Waals surface area contributed by atoms with Crippen molar-refractivity contribution in [1.82, 2.24) is 4.57 Å². The lowest BCUT2D eigenvalue weighted by molar-refractivity contribution is 0.0523. The summed E-state index contributed by atoms with van der Waals surface area (Å²) in [5.74, 6) is 0.00948. The van der Waals surface area contributed by atoms with Crippen molar-refractivity contribution < 1.29 is 19.0 Å². The summed E-state index contributed by atoms with van der Waals surface area (Å²) in [5.41, 5.74) is 0.710. The lowest BCUT2D eigenvalue weighted by Gasteiger charge is -2.34. The van der Waals surface area contributed by atoms with Crippen LogP contribution in [-0.4, -0.2) is 44.2 Å². The van der Waals surface area contributed by atoms with E-state index < -0.39 is 5.97 Å². The van der Waals surface area contributed by atoms with E-state index in [0.29, 0.717) is 19.0 Å². The summed E-state index contributed by atoms with van der Waals surface area (Å²) in [5, 5.41) is 0.202. The third-order valence-corrected chi connectivity index (χ3v) is 6.38. The summed E-state index contributed by atoms with van der Waals surface area (Å²) in [6.07, 6.45) is 7.93. The largest absolute Gasteiger partial charge is 0.490 e. The van der Waals surface area contributed by atoms with Crippen molar-refractivity contribution in [2.75, 3.05) is 26.9 Å². The molecule has 0 aliphatic heterocycles. The number of carbonyl (C=O) groups is 1. The number of nitrogens with zero attached hydrogens (tertiary/aromatic N) is 2. The van der Waals surface area contributed by atoms with E-state index in [1.807, 2.05) is 17.6 Å². The molecule has 33 heavy (non-hydrogen) atoms. The molecule has 2 atom stereocenters. The van der Waals surface area contributed by atoms with Gasteiger partial charge < -0.3 is 18.8 Å². The van der Waals surface area contributed by atoms with Gasteiger partial charge in [-0.3, -0.25) is 4.79 Å². The zero-order valence-corrected chi connectivity index (χ0v) is 21.0. The van der Waals surface area contributed by atoms with Gasteiger partial charge in [0.25, 0.3) is 0 Å². The van der Waals surface area contributed by atoms with Crippen molar-refractivity contribution in [3.8, 4) is 0 Å². The quantitative estimate of drug-likeness (QED) is 0.110. The number of aromatic nitrogens is 1. The number of ether oxygens (including phenoxy) is 3. The van der Waals surface area contributed by atoms with Gasteiger partial charge in [-0.1, -0.05) is 31.0 Å². The van der Waals surface area contributed by atoms with Gasteiger partial charge in [-0.25, -0.2) is 9.79 Å². The molecule has 0 aromatic carbocycles. The van der Waals surface area contributed by atoms with E-state index in [4.69, 9.17) is 25.8 Å². The normalized spacial score (nSPS) is 20.8. The Morgan fingerprint density at radius 1 is 1.36 bits per heavy atom. The van der Waals surface area contributed by atoms with Crippen LogP contribution in [0, 0.1) is 11.3 Å². The van der Waals surface area contributed by atoms with Crippen LogP contribution in [0.4, 0.5) is 0 Å². The van der Waals surface area contributed by atoms with Crippen LogP contribution in [-0.2, 0) is 14.2 Å². The van der Waals surface area contributed by atoms with Gasteiger partial charge in [-0.05, 0) is 44.9 Å². The van der Waals surface area contributed by atoms with Gasteiger partial charge >= 0.3 is 5.97 Å². The van der Waals surface area contributed by atoms with Gasteiger partial charge in [0.15, 0.2) is 16.3 Å². The van der Waals surface area contributed by atoms with Crippen LogP contribution in [0.3, 0.4) is 0 Å². The molecule has 2 rings (SSSR count). The van der Waals surface area contributed by atoms with E-state index >= 15 is 0 Å². The lowest BCUT2D eigenvalue weighted by atomic mass is 9.82. The fourth-order valence-electron chi connectivity index (χ4n) is 4.44. The van der Waals surface area contributed by atoms with Crippen molar-refractivity contribution in [2.45, 2.75) is 53.0 Å². The first kappa shape index (κ1) is 26.9. The number of allylic oxidation sites excluding steroid dienone is 2. The molecule has 1 aliphatic carbocycles. The first-order valence-corrected chi connectivity index (χ1v) is 11.6. The molecular formula is C25H35ClN2O5. The number of hydrogen-bond donors (Lipinski definition) is 0. The number of aliphatic imine (C=N–C) groups is 1. The van der Waals surface area contributed by atoms with Crippen LogP contribution in [0.5, 0.6) is 0 Å². The zero-order chi connectivity index (χ0) is 24.6. The molecule has 2 unspecified atom stereocenters. The third kappa shape index (κ3) is 6.81. The molecule has 7 nitrogen and oxygen atoms in total. The maximum Gasteiger partial charge on any atom is 0.343 e. The third-order valence-electron chi connectivity index (χ3n) is 6.08. The summed E-state index contributed by atoms with van der Waals surface area (Å²) < 4.78 is 18.0. The van der Waals surface area contributed by atoms with E-state index in [0.717, 1.165) is 24.8 Å². The Morgan fingerprint density at radius 3 is 2.73 bits per heavy atom. The fraction of sp³-hybridized carbons (Fsp3) is 0.560. The van der Waals surface area contributed by atoms with Crippen molar-refractivity contribution in [3.63, 3.8) is 0 Å². The Morgan fingerprint density at radius 2 is 2.09 bits per heavy atom. The van der Waals surface area contributed by atoms with E-state index in [2.05, 4.69) is 25.6 Å². The Balaban J connectivity index is 2.41. The molecule has 0 bridgehead atoms. The SMILES string of the molecule is C=N/C(Cl)=C(\C=C(/C)C1CCC(C)(C)C1n1ccc(=O)c(C(=O)OCC)c1)OCCCOC. The predicted octanol–water partition coefficient (Wildman–Crippen LogP) is 5.11. The molecule has 1 aromatic rings. The van der Waals surface area contributed by atoms with Crippen molar-refractivity contribution in [1.29, 1.82) is 0 Å². The minimum Gasteiger partial charge on any atom is -0.490 e. The molecule has 182 valence electrons. The highest BCUT2D eigenvalue weighted by molar-refractivity contribution is 6.30. The van der Waals surface area contributed by atoms with E-state index in [-0.39, 0.29) is 40.1 Å². The van der Waals surface area contributed by atoms with E-state index in [9.17, 15) is 9.59 Å². The van der Waals surface area contributed by atoms with E-state index in [1.54, 1.807) is 26.4 Å². The molecule has 8 heteroatoms. The maximum atomic E-state index is 12.3. The van der Waals surface area contributed by atoms with E-state index in [1.165, 1.54) is 6.07 Å². The van der Waals surface area contributed by atoms with Crippen molar-refractivity contribution in [2.24, 2.45) is 16.3 Å². The fourth-order valence-corrected chi connectivity index (χ4v) is 4.55. The Hall–Kier alpha value is -2.38. The predicted molar refractivity (Wildman–Crippen MR) is 131 cm³/mol. The van der Waals surface area contributed by atoms with Crippen LogP contribution in [0.1, 0.15) is 63.4 Å². The molecular weight excluding hydrogens is 444 g/mol. The van der Waals surface area contributed by atoms with Gasteiger partial charge in [0.2, 0.25) is 0 Å². The Kier molecular flexibility index (Phi) is 9.92. The van der Waals surface area contributed by atoms with Crippen molar-refractivity contribution >= 4 is 24.3 Å². The molecule has 1 fully saturated rings. The summed E-state index contributed by atoms with van der Waals surface area (Å²) in [7, 11) is 1.64. The molecule has 1 heterocycles. The number of rotatable bonds is 11. The minimum atomic E-state index is -0.602. The maximum absolute atomic E-state index is 12.3. The first-order valence-electron chi connectivity index (χ1n) is 11.2. The number of carbonyl (C=O) groups excluding carboxylic acids is 1. The summed E-state index contributed by atoms with van der Waals surface area (Å²) >= 11 is 6.27. The van der Waals surface area contributed by atoms with Crippen LogP contribution in [0.25, 0.3) is 0 Å². The van der Waals surface area contributed by atoms with Gasteiger partial charge in [0, 0.05) is 50.6 Å². The highest BCUT2D eigenvalue weighted by atomic mass is 35.5. The van der Waals surface area contributed by atoms with Crippen LogP contribution < -0.4 is 5.43 Å². The van der Waals surface area contributed by atoms with Crippen LogP contribution >= 0.6 is 11.6 Å². The topological polar surface area (TPSA) is 79.1 Å². The second-order valence-electron chi connectivity index (χ2n) is 8.87. The second kappa shape index (κ2) is 12.2. The zero-order valence-electron chi connectivity index (χ0n) is 20.2. The molecule has 0 N–H and O–H groups in total. The molecule has 0 radical (unpaired) electrons. The van der Waals surface area contributed by atoms with Gasteiger partial charge in [-0.2, -0.15) is 0 Å². The molecule has 1 aliphatic rings. The number of methoxy groups -OCH3 is 1. The highest BCUT2D eigenvalue weighted by Crippen LogP contribution is 2.52. The number of hydrogen-bond acceptors (Lipinski definition) is 6. The average Bonchev–Trinajstić information content (AvgIpc) is 3.10. The number of pyridine rings is 1. The van der Waals surface area contributed by atoms with Crippen LogP contribution in [0.2, 0.25) is 0 Å². The van der Waals surface area contributed by atoms with Crippen molar-refractivity contribution in [3.05, 3.63) is 56.8 Å².